The predicted octanol–water partition coefficient (Wildman–Crippen LogP) is 4.89. The van der Waals surface area contributed by atoms with E-state index in [-0.39, 0.29) is 11.8 Å². The minimum Gasteiger partial charge on any atom is -0.497 e. The molecule has 1 aliphatic rings. The normalized spacial score (nSPS) is 15.3. The minimum absolute atomic E-state index is 0.205. The number of nitrogens with one attached hydrogen (secondary N) is 1. The van der Waals surface area contributed by atoms with Crippen LogP contribution in [0, 0.1) is 0 Å². The second kappa shape index (κ2) is 9.82. The number of carbonyl (C=O) groups excluding carboxylic acids is 2. The second-order valence-electron chi connectivity index (χ2n) is 7.32. The maximum absolute atomic E-state index is 13.1. The van der Waals surface area contributed by atoms with E-state index in [2.05, 4.69) is 26.2 Å². The van der Waals surface area contributed by atoms with Crippen LogP contribution in [0.2, 0.25) is 0 Å². The molecule has 1 aromatic heterocycles. The molecule has 1 saturated heterocycles. The molecule has 0 saturated carbocycles. The number of hydrogen-bond acceptors (Lipinski definition) is 5. The third-order valence-corrected chi connectivity index (χ3v) is 5.67. The molecule has 32 heavy (non-hydrogen) atoms. The summed E-state index contributed by atoms with van der Waals surface area (Å²) in [6, 6.07) is 17.3. The number of benzene rings is 2. The van der Waals surface area contributed by atoms with Gasteiger partial charge in [-0.15, -0.1) is 0 Å². The monoisotopic (exact) mass is 495 g/mol. The standard InChI is InChI=1S/C24H22BrN3O4/c1-31-19-10-8-18(9-11-19)27-23(29)21-6-3-13-28(21)24(30)16-7-12-22(26-15-16)32-20-5-2-4-17(25)14-20/h2,4-5,7-12,14-15,21H,3,6,13H2,1H3,(H,27,29). The summed E-state index contributed by atoms with van der Waals surface area (Å²) in [4.78, 5) is 31.7. The van der Waals surface area contributed by atoms with Crippen molar-refractivity contribution in [3.63, 3.8) is 0 Å². The summed E-state index contributed by atoms with van der Waals surface area (Å²) in [5, 5.41) is 2.88. The molecule has 8 heteroatoms. The summed E-state index contributed by atoms with van der Waals surface area (Å²) in [5.74, 6) is 1.30. The first kappa shape index (κ1) is 21.8. The Morgan fingerprint density at radius 1 is 1.09 bits per heavy atom. The minimum atomic E-state index is -0.526. The van der Waals surface area contributed by atoms with E-state index >= 15 is 0 Å². The summed E-state index contributed by atoms with van der Waals surface area (Å²) in [6.07, 6.45) is 2.86. The van der Waals surface area contributed by atoms with Gasteiger partial charge in [0.25, 0.3) is 5.91 Å². The Balaban J connectivity index is 1.41. The molecule has 4 rings (SSSR count). The predicted molar refractivity (Wildman–Crippen MR) is 124 cm³/mol. The van der Waals surface area contributed by atoms with Gasteiger partial charge in [0.05, 0.1) is 12.7 Å². The van der Waals surface area contributed by atoms with Gasteiger partial charge in [-0.1, -0.05) is 22.0 Å². The number of amides is 2. The number of halogens is 1. The zero-order chi connectivity index (χ0) is 22.5. The molecule has 0 aliphatic carbocycles. The number of likely N-dealkylation sites (tertiary alicyclic amines) is 1. The summed E-state index contributed by atoms with van der Waals surface area (Å²) in [6.45, 7) is 0.524. The van der Waals surface area contributed by atoms with Crippen LogP contribution in [0.1, 0.15) is 23.2 Å². The van der Waals surface area contributed by atoms with Gasteiger partial charge in [-0.25, -0.2) is 4.98 Å². The molecule has 1 aliphatic heterocycles. The van der Waals surface area contributed by atoms with Gasteiger partial charge in [-0.2, -0.15) is 0 Å². The van der Waals surface area contributed by atoms with Crippen molar-refractivity contribution < 1.29 is 19.1 Å². The molecule has 1 N–H and O–H groups in total. The van der Waals surface area contributed by atoms with Crippen molar-refractivity contribution in [2.45, 2.75) is 18.9 Å². The zero-order valence-electron chi connectivity index (χ0n) is 17.5. The van der Waals surface area contributed by atoms with E-state index in [0.29, 0.717) is 41.6 Å². The van der Waals surface area contributed by atoms with Gasteiger partial charge < -0.3 is 19.7 Å². The summed E-state index contributed by atoms with van der Waals surface area (Å²) in [7, 11) is 1.59. The van der Waals surface area contributed by atoms with Crippen molar-refractivity contribution in [2.75, 3.05) is 19.0 Å². The number of rotatable bonds is 6. The molecule has 0 radical (unpaired) electrons. The molecule has 7 nitrogen and oxygen atoms in total. The largest absolute Gasteiger partial charge is 0.497 e. The average molecular weight is 496 g/mol. The molecule has 1 fully saturated rings. The fourth-order valence-electron chi connectivity index (χ4n) is 3.57. The summed E-state index contributed by atoms with van der Waals surface area (Å²) in [5.41, 5.74) is 1.07. The molecular weight excluding hydrogens is 474 g/mol. The van der Waals surface area contributed by atoms with Crippen LogP contribution in [0.3, 0.4) is 0 Å². The Morgan fingerprint density at radius 3 is 2.59 bits per heavy atom. The Morgan fingerprint density at radius 2 is 1.91 bits per heavy atom. The highest BCUT2D eigenvalue weighted by molar-refractivity contribution is 9.10. The van der Waals surface area contributed by atoms with Crippen molar-refractivity contribution in [3.05, 3.63) is 76.9 Å². The maximum atomic E-state index is 13.1. The van der Waals surface area contributed by atoms with E-state index in [4.69, 9.17) is 9.47 Å². The van der Waals surface area contributed by atoms with Gasteiger partial charge in [0.2, 0.25) is 11.8 Å². The van der Waals surface area contributed by atoms with Crippen molar-refractivity contribution in [3.8, 4) is 17.4 Å². The van der Waals surface area contributed by atoms with Crippen molar-refractivity contribution in [1.29, 1.82) is 0 Å². The Bertz CT molecular complexity index is 1100. The highest BCUT2D eigenvalue weighted by atomic mass is 79.9. The number of carbonyl (C=O) groups is 2. The molecule has 2 aromatic carbocycles. The molecule has 2 amide bonds. The first-order valence-electron chi connectivity index (χ1n) is 10.2. The summed E-state index contributed by atoms with van der Waals surface area (Å²) >= 11 is 3.40. The molecule has 2 heterocycles. The quantitative estimate of drug-likeness (QED) is 0.526. The van der Waals surface area contributed by atoms with Crippen molar-refractivity contribution >= 4 is 33.4 Å². The lowest BCUT2D eigenvalue weighted by molar-refractivity contribution is -0.119. The third kappa shape index (κ3) is 5.08. The van der Waals surface area contributed by atoms with Gasteiger partial charge in [-0.05, 0) is 61.4 Å². The first-order chi connectivity index (χ1) is 15.5. The number of anilines is 1. The Labute approximate surface area is 194 Å². The van der Waals surface area contributed by atoms with E-state index in [9.17, 15) is 9.59 Å². The lowest BCUT2D eigenvalue weighted by Gasteiger charge is -2.24. The summed E-state index contributed by atoms with van der Waals surface area (Å²) < 4.78 is 11.8. The van der Waals surface area contributed by atoms with E-state index in [1.165, 1.54) is 6.20 Å². The van der Waals surface area contributed by atoms with Crippen LogP contribution in [-0.4, -0.2) is 41.4 Å². The number of pyridine rings is 1. The smallest absolute Gasteiger partial charge is 0.256 e. The van der Waals surface area contributed by atoms with Crippen LogP contribution >= 0.6 is 15.9 Å². The van der Waals surface area contributed by atoms with Crippen molar-refractivity contribution in [2.24, 2.45) is 0 Å². The lowest BCUT2D eigenvalue weighted by atomic mass is 10.1. The SMILES string of the molecule is COc1ccc(NC(=O)C2CCCN2C(=O)c2ccc(Oc3cccc(Br)c3)nc2)cc1. The van der Waals surface area contributed by atoms with E-state index in [0.717, 1.165) is 10.9 Å². The number of hydrogen-bond donors (Lipinski definition) is 1. The third-order valence-electron chi connectivity index (χ3n) is 5.18. The average Bonchev–Trinajstić information content (AvgIpc) is 3.30. The van der Waals surface area contributed by atoms with E-state index in [1.54, 1.807) is 48.4 Å². The Kier molecular flexibility index (Phi) is 6.70. The van der Waals surface area contributed by atoms with Gasteiger partial charge in [0, 0.05) is 29.0 Å². The van der Waals surface area contributed by atoms with Crippen LogP contribution in [0.5, 0.6) is 17.4 Å². The molecular formula is C24H22BrN3O4. The van der Waals surface area contributed by atoms with Crippen LogP contribution in [0.25, 0.3) is 0 Å². The van der Waals surface area contributed by atoms with Gasteiger partial charge in [0.1, 0.15) is 17.5 Å². The van der Waals surface area contributed by atoms with Gasteiger partial charge >= 0.3 is 0 Å². The van der Waals surface area contributed by atoms with Crippen LogP contribution in [-0.2, 0) is 4.79 Å². The van der Waals surface area contributed by atoms with Crippen LogP contribution < -0.4 is 14.8 Å². The second-order valence-corrected chi connectivity index (χ2v) is 8.23. The highest BCUT2D eigenvalue weighted by Crippen LogP contribution is 2.25. The highest BCUT2D eigenvalue weighted by Gasteiger charge is 2.34. The van der Waals surface area contributed by atoms with E-state index < -0.39 is 6.04 Å². The molecule has 1 atom stereocenters. The zero-order valence-corrected chi connectivity index (χ0v) is 19.0. The Hall–Kier alpha value is -3.39. The number of nitrogens with zero attached hydrogens (tertiary/aromatic N) is 2. The van der Waals surface area contributed by atoms with Gasteiger partial charge in [-0.3, -0.25) is 9.59 Å². The molecule has 1 unspecified atom stereocenters. The number of aromatic nitrogens is 1. The van der Waals surface area contributed by atoms with Gasteiger partial charge in [0.15, 0.2) is 0 Å². The van der Waals surface area contributed by atoms with Crippen LogP contribution in [0.4, 0.5) is 5.69 Å². The van der Waals surface area contributed by atoms with Crippen LogP contribution in [0.15, 0.2) is 71.3 Å². The molecule has 0 spiro atoms. The number of methoxy groups -OCH3 is 1. The number of ether oxygens (including phenoxy) is 2. The first-order valence-corrected chi connectivity index (χ1v) is 11.0. The maximum Gasteiger partial charge on any atom is 0.256 e. The van der Waals surface area contributed by atoms with E-state index in [1.807, 2.05) is 24.3 Å². The molecule has 3 aromatic rings. The fraction of sp³-hybridized carbons (Fsp3) is 0.208. The molecule has 164 valence electrons. The van der Waals surface area contributed by atoms with Crippen molar-refractivity contribution in [1.82, 2.24) is 9.88 Å². The molecule has 0 bridgehead atoms. The lowest BCUT2D eigenvalue weighted by Crippen LogP contribution is -2.43. The fourth-order valence-corrected chi connectivity index (χ4v) is 3.94. The topological polar surface area (TPSA) is 80.8 Å².